The number of aromatic nitrogens is 2. The summed E-state index contributed by atoms with van der Waals surface area (Å²) in [7, 11) is 0. The number of nitrogens with two attached hydrogens (primary N) is 1. The molecule has 3 rings (SSSR count). The Morgan fingerprint density at radius 1 is 1.58 bits per heavy atom. The number of benzene rings is 1. The molecule has 1 heterocycles. The second-order valence-electron chi connectivity index (χ2n) is 5.26. The van der Waals surface area contributed by atoms with E-state index in [2.05, 4.69) is 22.2 Å². The van der Waals surface area contributed by atoms with Gasteiger partial charge in [-0.1, -0.05) is 6.07 Å². The summed E-state index contributed by atoms with van der Waals surface area (Å²) in [5.41, 5.74) is 7.34. The summed E-state index contributed by atoms with van der Waals surface area (Å²) in [5, 5.41) is 3.46. The number of amides is 1. The number of nitrogens with one attached hydrogen (secondary N) is 2. The lowest BCUT2D eigenvalue weighted by Gasteiger charge is -2.10. The highest BCUT2D eigenvalue weighted by Crippen LogP contribution is 2.28. The zero-order valence-corrected chi connectivity index (χ0v) is 10.9. The summed E-state index contributed by atoms with van der Waals surface area (Å²) in [6, 6.07) is 5.57. The molecule has 1 aliphatic rings. The maximum atomic E-state index is 11.4. The molecule has 4 N–H and O–H groups in total. The molecule has 0 radical (unpaired) electrons. The molecule has 1 atom stereocenters. The Morgan fingerprint density at radius 2 is 2.37 bits per heavy atom. The third kappa shape index (κ3) is 2.46. The van der Waals surface area contributed by atoms with E-state index in [1.807, 2.05) is 12.1 Å². The lowest BCUT2D eigenvalue weighted by atomic mass is 10.2. The average molecular weight is 258 g/mol. The largest absolute Gasteiger partial charge is 0.366 e. The van der Waals surface area contributed by atoms with Gasteiger partial charge < -0.3 is 16.0 Å². The molecule has 2 aromatic rings. The number of hydrogen-bond donors (Lipinski definition) is 3. The van der Waals surface area contributed by atoms with Gasteiger partial charge in [0, 0.05) is 0 Å². The van der Waals surface area contributed by atoms with E-state index in [0.29, 0.717) is 11.1 Å². The van der Waals surface area contributed by atoms with Crippen LogP contribution in [0.2, 0.25) is 0 Å². The molecule has 1 saturated carbocycles. The Balaban J connectivity index is 1.87. The van der Waals surface area contributed by atoms with Crippen molar-refractivity contribution in [1.29, 1.82) is 0 Å². The zero-order chi connectivity index (χ0) is 13.4. The molecule has 1 unspecified atom stereocenters. The fraction of sp³-hybridized carbons (Fsp3) is 0.429. The van der Waals surface area contributed by atoms with Crippen molar-refractivity contribution in [1.82, 2.24) is 15.3 Å². The van der Waals surface area contributed by atoms with E-state index in [-0.39, 0.29) is 6.04 Å². The molecule has 5 nitrogen and oxygen atoms in total. The van der Waals surface area contributed by atoms with Crippen LogP contribution in [0.15, 0.2) is 18.2 Å². The van der Waals surface area contributed by atoms with Crippen molar-refractivity contribution in [3.8, 4) is 0 Å². The molecule has 0 aliphatic heterocycles. The molecular formula is C14H18N4O. The van der Waals surface area contributed by atoms with Crippen LogP contribution in [-0.2, 0) is 0 Å². The van der Waals surface area contributed by atoms with Gasteiger partial charge in [0.1, 0.15) is 11.3 Å². The first-order valence-electron chi connectivity index (χ1n) is 6.67. The normalized spacial score (nSPS) is 16.7. The summed E-state index contributed by atoms with van der Waals surface area (Å²) in [5.74, 6) is 1.24. The number of carbonyl (C=O) groups excluding carboxylic acids is 1. The van der Waals surface area contributed by atoms with Crippen molar-refractivity contribution < 1.29 is 4.79 Å². The van der Waals surface area contributed by atoms with Crippen molar-refractivity contribution in [3.05, 3.63) is 29.6 Å². The number of imidazole rings is 1. The predicted molar refractivity (Wildman–Crippen MR) is 73.8 cm³/mol. The molecule has 0 spiro atoms. The molecule has 1 aromatic carbocycles. The lowest BCUT2D eigenvalue weighted by molar-refractivity contribution is 0.100. The highest BCUT2D eigenvalue weighted by atomic mass is 16.1. The third-order valence-electron chi connectivity index (χ3n) is 3.62. The van der Waals surface area contributed by atoms with Crippen LogP contribution in [0.3, 0.4) is 0 Å². The van der Waals surface area contributed by atoms with E-state index < -0.39 is 5.91 Å². The van der Waals surface area contributed by atoms with E-state index in [4.69, 9.17) is 5.73 Å². The number of H-pyrrole nitrogens is 1. The van der Waals surface area contributed by atoms with Gasteiger partial charge >= 0.3 is 0 Å². The molecule has 19 heavy (non-hydrogen) atoms. The van der Waals surface area contributed by atoms with Crippen LogP contribution >= 0.6 is 0 Å². The van der Waals surface area contributed by atoms with Crippen LogP contribution < -0.4 is 11.1 Å². The molecule has 100 valence electrons. The van der Waals surface area contributed by atoms with Crippen LogP contribution in [0.1, 0.15) is 42.0 Å². The third-order valence-corrected chi connectivity index (χ3v) is 3.62. The first-order valence-corrected chi connectivity index (χ1v) is 6.67. The van der Waals surface area contributed by atoms with Crippen molar-refractivity contribution in [3.63, 3.8) is 0 Å². The monoisotopic (exact) mass is 258 g/mol. The summed E-state index contributed by atoms with van der Waals surface area (Å²) in [4.78, 5) is 19.1. The maximum Gasteiger partial charge on any atom is 0.250 e. The van der Waals surface area contributed by atoms with Gasteiger partial charge in [0.2, 0.25) is 0 Å². The van der Waals surface area contributed by atoms with Crippen LogP contribution in [0.5, 0.6) is 0 Å². The fourth-order valence-corrected chi connectivity index (χ4v) is 2.22. The number of rotatable bonds is 5. The highest BCUT2D eigenvalue weighted by Gasteiger charge is 2.22. The van der Waals surface area contributed by atoms with Gasteiger partial charge in [-0.15, -0.1) is 0 Å². The van der Waals surface area contributed by atoms with Crippen LogP contribution in [-0.4, -0.2) is 22.4 Å². The van der Waals surface area contributed by atoms with Crippen molar-refractivity contribution in [2.75, 3.05) is 6.54 Å². The standard InChI is InChI=1S/C14H18N4O/c1-8(16-7-9-5-6-9)14-17-11-4-2-3-10(13(15)19)12(11)18-14/h2-4,8-9,16H,5-7H2,1H3,(H2,15,19)(H,17,18). The van der Waals surface area contributed by atoms with Gasteiger partial charge in [-0.2, -0.15) is 0 Å². The number of fused-ring (bicyclic) bond motifs is 1. The van der Waals surface area contributed by atoms with E-state index in [0.717, 1.165) is 23.8 Å². The highest BCUT2D eigenvalue weighted by molar-refractivity contribution is 6.04. The maximum absolute atomic E-state index is 11.4. The summed E-state index contributed by atoms with van der Waals surface area (Å²) < 4.78 is 0. The van der Waals surface area contributed by atoms with Crippen LogP contribution in [0, 0.1) is 5.92 Å². The molecule has 1 fully saturated rings. The Hall–Kier alpha value is -1.88. The average Bonchev–Trinajstić information content (AvgIpc) is 3.11. The second-order valence-corrected chi connectivity index (χ2v) is 5.26. The molecule has 1 aliphatic carbocycles. The van der Waals surface area contributed by atoms with Gasteiger partial charge in [0.15, 0.2) is 0 Å². The van der Waals surface area contributed by atoms with Crippen LogP contribution in [0.25, 0.3) is 11.0 Å². The number of nitrogens with zero attached hydrogens (tertiary/aromatic N) is 1. The minimum Gasteiger partial charge on any atom is -0.366 e. The molecule has 0 bridgehead atoms. The first kappa shape index (κ1) is 12.2. The lowest BCUT2D eigenvalue weighted by Crippen LogP contribution is -2.22. The molecule has 1 aromatic heterocycles. The molecule has 1 amide bonds. The molecular weight excluding hydrogens is 240 g/mol. The van der Waals surface area contributed by atoms with Gasteiger partial charge in [-0.3, -0.25) is 4.79 Å². The van der Waals surface area contributed by atoms with E-state index >= 15 is 0 Å². The Bertz CT molecular complexity index is 615. The van der Waals surface area contributed by atoms with E-state index in [9.17, 15) is 4.79 Å². The van der Waals surface area contributed by atoms with Gasteiger partial charge in [0.05, 0.1) is 17.1 Å². The summed E-state index contributed by atoms with van der Waals surface area (Å²) in [6.45, 7) is 3.10. The minimum absolute atomic E-state index is 0.147. The number of aromatic amines is 1. The Labute approximate surface area is 111 Å². The van der Waals surface area contributed by atoms with Gasteiger partial charge in [-0.05, 0) is 44.4 Å². The Kier molecular flexibility index (Phi) is 2.98. The van der Waals surface area contributed by atoms with E-state index in [1.165, 1.54) is 12.8 Å². The first-order chi connectivity index (χ1) is 9.15. The number of carbonyl (C=O) groups is 1. The van der Waals surface area contributed by atoms with Gasteiger partial charge in [-0.25, -0.2) is 4.98 Å². The topological polar surface area (TPSA) is 83.8 Å². The number of para-hydroxylation sites is 1. The number of primary amides is 1. The van der Waals surface area contributed by atoms with Crippen molar-refractivity contribution >= 4 is 16.9 Å². The Morgan fingerprint density at radius 3 is 3.05 bits per heavy atom. The summed E-state index contributed by atoms with van der Waals surface area (Å²) >= 11 is 0. The fourth-order valence-electron chi connectivity index (χ4n) is 2.22. The van der Waals surface area contributed by atoms with Crippen molar-refractivity contribution in [2.45, 2.75) is 25.8 Å². The zero-order valence-electron chi connectivity index (χ0n) is 10.9. The second kappa shape index (κ2) is 4.66. The minimum atomic E-state index is -0.442. The number of hydrogen-bond acceptors (Lipinski definition) is 3. The summed E-state index contributed by atoms with van der Waals surface area (Å²) in [6.07, 6.45) is 2.65. The van der Waals surface area contributed by atoms with E-state index in [1.54, 1.807) is 6.07 Å². The van der Waals surface area contributed by atoms with Crippen molar-refractivity contribution in [2.24, 2.45) is 11.7 Å². The van der Waals surface area contributed by atoms with Crippen LogP contribution in [0.4, 0.5) is 0 Å². The smallest absolute Gasteiger partial charge is 0.250 e. The molecule has 5 heteroatoms. The quantitative estimate of drug-likeness (QED) is 0.763. The van der Waals surface area contributed by atoms with Gasteiger partial charge in [0.25, 0.3) is 5.91 Å². The molecule has 0 saturated heterocycles. The predicted octanol–water partition coefficient (Wildman–Crippen LogP) is 1.72. The SMILES string of the molecule is CC(NCC1CC1)c1nc2c(C(N)=O)cccc2[nH]1.